The van der Waals surface area contributed by atoms with Gasteiger partial charge in [-0.05, 0) is 46.4 Å². The summed E-state index contributed by atoms with van der Waals surface area (Å²) in [5.41, 5.74) is 7.08. The van der Waals surface area contributed by atoms with E-state index < -0.39 is 6.09 Å². The number of rotatable bonds is 4. The first-order valence-electron chi connectivity index (χ1n) is 9.93. The number of ether oxygens (including phenoxy) is 1. The third kappa shape index (κ3) is 4.17. The lowest BCUT2D eigenvalue weighted by molar-refractivity contribution is 0.144. The summed E-state index contributed by atoms with van der Waals surface area (Å²) in [6.07, 6.45) is 0.569. The molecule has 29 heavy (non-hydrogen) atoms. The average Bonchev–Trinajstić information content (AvgIpc) is 3.09. The summed E-state index contributed by atoms with van der Waals surface area (Å²) in [5.74, 6) is 6.09. The van der Waals surface area contributed by atoms with Gasteiger partial charge in [0.25, 0.3) is 0 Å². The zero-order chi connectivity index (χ0) is 20.1. The summed E-state index contributed by atoms with van der Waals surface area (Å²) in [6, 6.07) is 24.7. The Balaban J connectivity index is 1.33. The summed E-state index contributed by atoms with van der Waals surface area (Å²) in [6.45, 7) is 2.69. The molecule has 0 atom stereocenters. The molecular formula is C26H23NO2. The number of hydrogen-bond acceptors (Lipinski definition) is 2. The van der Waals surface area contributed by atoms with E-state index in [2.05, 4.69) is 60.5 Å². The molecule has 0 heterocycles. The lowest BCUT2D eigenvalue weighted by Gasteiger charge is -2.14. The summed E-state index contributed by atoms with van der Waals surface area (Å²) >= 11 is 0. The van der Waals surface area contributed by atoms with E-state index in [-0.39, 0.29) is 12.5 Å². The minimum absolute atomic E-state index is 0.0660. The van der Waals surface area contributed by atoms with Crippen LogP contribution in [0.15, 0.2) is 72.8 Å². The molecule has 144 valence electrons. The van der Waals surface area contributed by atoms with Crippen molar-refractivity contribution in [3.63, 3.8) is 0 Å². The molecule has 0 bridgehead atoms. The van der Waals surface area contributed by atoms with Crippen LogP contribution in [0.1, 0.15) is 35.1 Å². The van der Waals surface area contributed by atoms with Crippen LogP contribution in [0.4, 0.5) is 4.79 Å². The van der Waals surface area contributed by atoms with E-state index in [1.54, 1.807) is 0 Å². The van der Waals surface area contributed by atoms with Crippen LogP contribution in [0.5, 0.6) is 0 Å². The van der Waals surface area contributed by atoms with Gasteiger partial charge in [-0.25, -0.2) is 4.79 Å². The maximum atomic E-state index is 12.1. The van der Waals surface area contributed by atoms with Crippen LogP contribution in [0.3, 0.4) is 0 Å². The maximum Gasteiger partial charge on any atom is 0.407 e. The van der Waals surface area contributed by atoms with Crippen molar-refractivity contribution in [1.82, 2.24) is 5.32 Å². The molecule has 4 rings (SSSR count). The number of carbonyl (C=O) groups excluding carboxylic acids is 1. The molecule has 0 radical (unpaired) electrons. The van der Waals surface area contributed by atoms with Gasteiger partial charge in [0.15, 0.2) is 0 Å². The van der Waals surface area contributed by atoms with Gasteiger partial charge in [0.05, 0.1) is 6.54 Å². The van der Waals surface area contributed by atoms with Crippen molar-refractivity contribution < 1.29 is 9.53 Å². The van der Waals surface area contributed by atoms with E-state index in [0.717, 1.165) is 12.0 Å². The fourth-order valence-electron chi connectivity index (χ4n) is 3.74. The Morgan fingerprint density at radius 3 is 2.17 bits per heavy atom. The standard InChI is InChI=1S/C26H23NO2/c1-2-19-13-15-20(16-14-19)8-7-17-27-26(28)29-18-25-23-11-5-3-9-21(23)22-10-4-6-12-24(22)25/h3-6,9-16,25H,2,17-18H2,1H3,(H,27,28). The van der Waals surface area contributed by atoms with E-state index in [4.69, 9.17) is 4.74 Å². The molecule has 3 heteroatoms. The van der Waals surface area contributed by atoms with Gasteiger partial charge in [0, 0.05) is 11.5 Å². The number of nitrogens with one attached hydrogen (secondary N) is 1. The van der Waals surface area contributed by atoms with Gasteiger partial charge in [-0.2, -0.15) is 0 Å². The van der Waals surface area contributed by atoms with Crippen molar-refractivity contribution in [3.8, 4) is 23.0 Å². The van der Waals surface area contributed by atoms with Crippen LogP contribution in [-0.2, 0) is 11.2 Å². The molecule has 1 aliphatic rings. The van der Waals surface area contributed by atoms with E-state index in [1.165, 1.54) is 27.8 Å². The Bertz CT molecular complexity index is 1030. The normalized spacial score (nSPS) is 11.8. The first kappa shape index (κ1) is 18.8. The molecule has 0 fully saturated rings. The van der Waals surface area contributed by atoms with Crippen LogP contribution >= 0.6 is 0 Å². The number of amides is 1. The predicted octanol–water partition coefficient (Wildman–Crippen LogP) is 5.14. The minimum atomic E-state index is -0.442. The van der Waals surface area contributed by atoms with Crippen molar-refractivity contribution in [1.29, 1.82) is 0 Å². The second-order valence-electron chi connectivity index (χ2n) is 7.03. The van der Waals surface area contributed by atoms with Crippen LogP contribution in [0, 0.1) is 11.8 Å². The molecular weight excluding hydrogens is 358 g/mol. The number of carbonyl (C=O) groups is 1. The molecule has 0 spiro atoms. The number of hydrogen-bond donors (Lipinski definition) is 1. The number of aryl methyl sites for hydroxylation is 1. The largest absolute Gasteiger partial charge is 0.449 e. The van der Waals surface area contributed by atoms with E-state index >= 15 is 0 Å². The Morgan fingerprint density at radius 2 is 1.55 bits per heavy atom. The minimum Gasteiger partial charge on any atom is -0.449 e. The molecule has 0 aromatic heterocycles. The second kappa shape index (κ2) is 8.67. The van der Waals surface area contributed by atoms with Crippen molar-refractivity contribution in [2.45, 2.75) is 19.3 Å². The monoisotopic (exact) mass is 381 g/mol. The fourth-order valence-corrected chi connectivity index (χ4v) is 3.74. The topological polar surface area (TPSA) is 38.3 Å². The fraction of sp³-hybridized carbons (Fsp3) is 0.192. The quantitative estimate of drug-likeness (QED) is 0.636. The Labute approximate surface area is 171 Å². The third-order valence-electron chi connectivity index (χ3n) is 5.26. The lowest BCUT2D eigenvalue weighted by Crippen LogP contribution is -2.26. The van der Waals surface area contributed by atoms with Gasteiger partial charge in [0.1, 0.15) is 6.61 Å². The van der Waals surface area contributed by atoms with Gasteiger partial charge in [-0.15, -0.1) is 0 Å². The molecule has 0 saturated heterocycles. The second-order valence-corrected chi connectivity index (χ2v) is 7.03. The molecule has 3 aromatic rings. The third-order valence-corrected chi connectivity index (χ3v) is 5.26. The molecule has 0 aliphatic heterocycles. The predicted molar refractivity (Wildman–Crippen MR) is 116 cm³/mol. The van der Waals surface area contributed by atoms with Crippen LogP contribution in [0.25, 0.3) is 11.1 Å². The summed E-state index contributed by atoms with van der Waals surface area (Å²) in [7, 11) is 0. The Kier molecular flexibility index (Phi) is 5.63. The van der Waals surface area contributed by atoms with Gasteiger partial charge in [0.2, 0.25) is 0 Å². The van der Waals surface area contributed by atoms with Crippen LogP contribution in [0.2, 0.25) is 0 Å². The number of fused-ring (bicyclic) bond motifs is 3. The van der Waals surface area contributed by atoms with Gasteiger partial charge < -0.3 is 10.1 Å². The highest BCUT2D eigenvalue weighted by atomic mass is 16.5. The highest BCUT2D eigenvalue weighted by Crippen LogP contribution is 2.44. The molecule has 3 aromatic carbocycles. The van der Waals surface area contributed by atoms with Crippen LogP contribution < -0.4 is 5.32 Å². The highest BCUT2D eigenvalue weighted by Gasteiger charge is 2.28. The zero-order valence-electron chi connectivity index (χ0n) is 16.4. The molecule has 1 N–H and O–H groups in total. The summed E-state index contributed by atoms with van der Waals surface area (Å²) in [5, 5.41) is 2.71. The Morgan fingerprint density at radius 1 is 0.931 bits per heavy atom. The van der Waals surface area contributed by atoms with Gasteiger partial charge >= 0.3 is 6.09 Å². The Hall–Kier alpha value is -3.51. The van der Waals surface area contributed by atoms with Crippen molar-refractivity contribution in [2.24, 2.45) is 0 Å². The number of alkyl carbamates (subject to hydrolysis) is 1. The van der Waals surface area contributed by atoms with Gasteiger partial charge in [-0.3, -0.25) is 0 Å². The molecule has 1 amide bonds. The molecule has 0 unspecified atom stereocenters. The molecule has 3 nitrogen and oxygen atoms in total. The molecule has 1 aliphatic carbocycles. The SMILES string of the molecule is CCc1ccc(C#CCNC(=O)OCC2c3ccccc3-c3ccccc32)cc1. The molecule has 0 saturated carbocycles. The average molecular weight is 381 g/mol. The zero-order valence-corrected chi connectivity index (χ0v) is 16.4. The summed E-state index contributed by atoms with van der Waals surface area (Å²) < 4.78 is 5.50. The lowest BCUT2D eigenvalue weighted by atomic mass is 9.98. The number of benzene rings is 3. The smallest absolute Gasteiger partial charge is 0.407 e. The summed E-state index contributed by atoms with van der Waals surface area (Å²) in [4.78, 5) is 12.1. The van der Waals surface area contributed by atoms with Crippen molar-refractivity contribution >= 4 is 6.09 Å². The first-order chi connectivity index (χ1) is 14.3. The highest BCUT2D eigenvalue weighted by molar-refractivity contribution is 5.79. The van der Waals surface area contributed by atoms with E-state index in [0.29, 0.717) is 6.61 Å². The van der Waals surface area contributed by atoms with Crippen molar-refractivity contribution in [2.75, 3.05) is 13.2 Å². The van der Waals surface area contributed by atoms with Crippen LogP contribution in [-0.4, -0.2) is 19.2 Å². The maximum absolute atomic E-state index is 12.1. The van der Waals surface area contributed by atoms with Gasteiger partial charge in [-0.1, -0.05) is 79.4 Å². The van der Waals surface area contributed by atoms with E-state index in [9.17, 15) is 4.79 Å². The van der Waals surface area contributed by atoms with E-state index in [1.807, 2.05) is 36.4 Å². The van der Waals surface area contributed by atoms with Crippen molar-refractivity contribution in [3.05, 3.63) is 95.1 Å². The first-order valence-corrected chi connectivity index (χ1v) is 9.93.